The predicted octanol–water partition coefficient (Wildman–Crippen LogP) is 2.51. The molecular formula is C17H11FN2O2. The molecule has 0 spiro atoms. The zero-order valence-corrected chi connectivity index (χ0v) is 11.9. The molecule has 1 N–H and O–H groups in total. The van der Waals surface area contributed by atoms with Gasteiger partial charge in [0.1, 0.15) is 5.82 Å². The van der Waals surface area contributed by atoms with Gasteiger partial charge in [-0.2, -0.15) is 0 Å². The molecule has 0 saturated carbocycles. The molecule has 2 aromatic rings. The largest absolute Gasteiger partial charge is 0.477 e. The smallest absolute Gasteiger partial charge is 0.354 e. The first-order valence-corrected chi connectivity index (χ1v) is 6.83. The summed E-state index contributed by atoms with van der Waals surface area (Å²) in [5.41, 5.74) is 4.63. The summed E-state index contributed by atoms with van der Waals surface area (Å²) in [5.74, 6) is -1.37. The third-order valence-corrected chi connectivity index (χ3v) is 4.17. The minimum Gasteiger partial charge on any atom is -0.477 e. The second-order valence-electron chi connectivity index (χ2n) is 5.46. The first-order valence-electron chi connectivity index (χ1n) is 6.83. The van der Waals surface area contributed by atoms with Crippen LogP contribution in [0.1, 0.15) is 18.1 Å². The van der Waals surface area contributed by atoms with Gasteiger partial charge in [0.2, 0.25) is 0 Å². The van der Waals surface area contributed by atoms with Crippen molar-refractivity contribution in [1.82, 2.24) is 0 Å². The van der Waals surface area contributed by atoms with Crippen LogP contribution in [0.5, 0.6) is 0 Å². The molecular weight excluding hydrogens is 283 g/mol. The van der Waals surface area contributed by atoms with E-state index in [4.69, 9.17) is 0 Å². The zero-order valence-electron chi connectivity index (χ0n) is 11.9. The van der Waals surface area contributed by atoms with E-state index in [0.717, 1.165) is 33.3 Å². The lowest BCUT2D eigenvalue weighted by atomic mass is 9.96. The Morgan fingerprint density at radius 2 is 1.91 bits per heavy atom. The molecule has 2 heterocycles. The van der Waals surface area contributed by atoms with Gasteiger partial charge < -0.3 is 5.11 Å². The highest BCUT2D eigenvalue weighted by Gasteiger charge is 2.25. The summed E-state index contributed by atoms with van der Waals surface area (Å²) in [5, 5.41) is 10.6. The van der Waals surface area contributed by atoms with Crippen molar-refractivity contribution in [3.8, 4) is 11.1 Å². The van der Waals surface area contributed by atoms with E-state index in [1.807, 2.05) is 6.92 Å². The fraction of sp³-hybridized carbons (Fsp3) is 0.118. The lowest BCUT2D eigenvalue weighted by Crippen LogP contribution is -2.18. The van der Waals surface area contributed by atoms with Crippen LogP contribution < -0.4 is 10.7 Å². The van der Waals surface area contributed by atoms with E-state index in [9.17, 15) is 14.3 Å². The van der Waals surface area contributed by atoms with Gasteiger partial charge in [0.05, 0.1) is 16.4 Å². The predicted molar refractivity (Wildman–Crippen MR) is 78.8 cm³/mol. The minimum absolute atomic E-state index is 0.0567. The van der Waals surface area contributed by atoms with E-state index < -0.39 is 5.97 Å². The van der Waals surface area contributed by atoms with Gasteiger partial charge in [0.25, 0.3) is 0 Å². The minimum atomic E-state index is -1.04. The summed E-state index contributed by atoms with van der Waals surface area (Å²) < 4.78 is 13.5. The number of rotatable bonds is 1. The monoisotopic (exact) mass is 294 g/mol. The Kier molecular flexibility index (Phi) is 2.40. The number of fused-ring (bicyclic) bond motifs is 4. The fourth-order valence-corrected chi connectivity index (χ4v) is 3.17. The molecule has 108 valence electrons. The van der Waals surface area contributed by atoms with Crippen molar-refractivity contribution >= 4 is 17.2 Å². The number of allylic oxidation sites excluding steroid dienone is 1. The maximum Gasteiger partial charge on any atom is 0.354 e. The van der Waals surface area contributed by atoms with Crippen LogP contribution in [0.15, 0.2) is 39.9 Å². The van der Waals surface area contributed by atoms with Crippen LogP contribution in [0.4, 0.5) is 10.1 Å². The van der Waals surface area contributed by atoms with Gasteiger partial charge in [-0.3, -0.25) is 0 Å². The first-order chi connectivity index (χ1) is 10.5. The van der Waals surface area contributed by atoms with Crippen molar-refractivity contribution in [2.24, 2.45) is 9.98 Å². The molecule has 0 aliphatic carbocycles. The maximum atomic E-state index is 13.5. The zero-order chi connectivity index (χ0) is 15.6. The molecule has 0 aromatic heterocycles. The van der Waals surface area contributed by atoms with Gasteiger partial charge in [-0.1, -0.05) is 0 Å². The van der Waals surface area contributed by atoms with Crippen molar-refractivity contribution in [1.29, 1.82) is 0 Å². The van der Waals surface area contributed by atoms with Crippen LogP contribution in [0, 0.1) is 12.7 Å². The average molecular weight is 294 g/mol. The highest BCUT2D eigenvalue weighted by Crippen LogP contribution is 2.34. The summed E-state index contributed by atoms with van der Waals surface area (Å²) in [6.07, 6.45) is 0. The number of nitrogens with zero attached hydrogens (tertiary/aromatic N) is 2. The lowest BCUT2D eigenvalue weighted by molar-refractivity contribution is -0.132. The normalized spacial score (nSPS) is 14.1. The number of carbonyl (C=O) groups is 1. The van der Waals surface area contributed by atoms with Gasteiger partial charge >= 0.3 is 5.97 Å². The standard InChI is InChI=1S/C17H11FN2O2/c1-7-14-8(2)16(17(21)22)20-13(14)6-11-10-5-9(18)3-4-12(10)19-15(7)11/h3-6H,1-2H3,(H,21,22). The van der Waals surface area contributed by atoms with E-state index in [1.165, 1.54) is 12.1 Å². The SMILES string of the molecule is CC1=C(C(=O)O)N=c2cc3c(c(C)c21)=Nc1ccc(F)cc1-3. The van der Waals surface area contributed by atoms with Gasteiger partial charge in [0, 0.05) is 16.7 Å². The molecule has 0 fully saturated rings. The summed E-state index contributed by atoms with van der Waals surface area (Å²) in [6.45, 7) is 3.65. The van der Waals surface area contributed by atoms with E-state index in [-0.39, 0.29) is 11.5 Å². The highest BCUT2D eigenvalue weighted by atomic mass is 19.1. The molecule has 0 saturated heterocycles. The van der Waals surface area contributed by atoms with Crippen LogP contribution >= 0.6 is 0 Å². The third-order valence-electron chi connectivity index (χ3n) is 4.17. The number of hydrogen-bond donors (Lipinski definition) is 1. The third kappa shape index (κ3) is 1.53. The molecule has 2 aliphatic heterocycles. The van der Waals surface area contributed by atoms with Crippen LogP contribution in [-0.4, -0.2) is 11.1 Å². The molecule has 0 radical (unpaired) electrons. The highest BCUT2D eigenvalue weighted by molar-refractivity contribution is 5.98. The molecule has 0 unspecified atom stereocenters. The van der Waals surface area contributed by atoms with E-state index in [0.29, 0.717) is 10.9 Å². The molecule has 0 bridgehead atoms. The molecule has 0 atom stereocenters. The van der Waals surface area contributed by atoms with E-state index in [1.54, 1.807) is 19.1 Å². The van der Waals surface area contributed by atoms with Crippen LogP contribution in [0.3, 0.4) is 0 Å². The quantitative estimate of drug-likeness (QED) is 0.749. The number of carboxylic acid groups (broad SMARTS) is 1. The van der Waals surface area contributed by atoms with Crippen LogP contribution in [0.2, 0.25) is 0 Å². The van der Waals surface area contributed by atoms with Crippen molar-refractivity contribution in [3.05, 3.63) is 57.6 Å². The summed E-state index contributed by atoms with van der Waals surface area (Å²) in [6, 6.07) is 6.28. The topological polar surface area (TPSA) is 62.0 Å². The lowest BCUT2D eigenvalue weighted by Gasteiger charge is -2.05. The Morgan fingerprint density at radius 3 is 2.64 bits per heavy atom. The first kappa shape index (κ1) is 12.9. The van der Waals surface area contributed by atoms with E-state index in [2.05, 4.69) is 9.98 Å². The number of hydrogen-bond acceptors (Lipinski definition) is 3. The van der Waals surface area contributed by atoms with Gasteiger partial charge in [-0.15, -0.1) is 0 Å². The molecule has 0 amide bonds. The number of halogens is 1. The van der Waals surface area contributed by atoms with Crippen LogP contribution in [0.25, 0.3) is 16.7 Å². The van der Waals surface area contributed by atoms with Crippen LogP contribution in [-0.2, 0) is 4.79 Å². The average Bonchev–Trinajstić information content (AvgIpc) is 2.98. The number of benzene rings is 2. The molecule has 2 aromatic carbocycles. The fourth-order valence-electron chi connectivity index (χ4n) is 3.17. The van der Waals surface area contributed by atoms with Crippen molar-refractivity contribution in [2.45, 2.75) is 13.8 Å². The number of aliphatic carboxylic acids is 1. The van der Waals surface area contributed by atoms with Crippen molar-refractivity contribution in [3.63, 3.8) is 0 Å². The molecule has 5 heteroatoms. The van der Waals surface area contributed by atoms with Gasteiger partial charge in [-0.05, 0) is 49.2 Å². The number of carboxylic acids is 1. The molecule has 4 rings (SSSR count). The van der Waals surface area contributed by atoms with Crippen molar-refractivity contribution in [2.75, 3.05) is 0 Å². The Labute approximate surface area is 125 Å². The summed E-state index contributed by atoms with van der Waals surface area (Å²) in [4.78, 5) is 20.0. The Balaban J connectivity index is 2.08. The van der Waals surface area contributed by atoms with E-state index >= 15 is 0 Å². The summed E-state index contributed by atoms with van der Waals surface area (Å²) in [7, 11) is 0. The Hall–Kier alpha value is -2.82. The molecule has 4 nitrogen and oxygen atoms in total. The molecule has 22 heavy (non-hydrogen) atoms. The second kappa shape index (κ2) is 4.10. The Morgan fingerprint density at radius 1 is 1.14 bits per heavy atom. The van der Waals surface area contributed by atoms with Gasteiger partial charge in [-0.25, -0.2) is 19.2 Å². The molecule has 2 aliphatic rings. The second-order valence-corrected chi connectivity index (χ2v) is 5.46. The maximum absolute atomic E-state index is 13.5. The summed E-state index contributed by atoms with van der Waals surface area (Å²) >= 11 is 0. The Bertz CT molecular complexity index is 1040. The van der Waals surface area contributed by atoms with Crippen molar-refractivity contribution < 1.29 is 14.3 Å². The van der Waals surface area contributed by atoms with Gasteiger partial charge in [0.15, 0.2) is 5.70 Å².